The Balaban J connectivity index is 1.55. The summed E-state index contributed by atoms with van der Waals surface area (Å²) in [5, 5.41) is 13.4. The molecule has 1 heterocycles. The SMILES string of the molecule is CN1C(=O)COC[C@@H]1[C@H](O)c1ccc(NC(=O)CCc2ccccc2)cc1. The van der Waals surface area contributed by atoms with Gasteiger partial charge in [0.2, 0.25) is 11.8 Å². The van der Waals surface area contributed by atoms with Gasteiger partial charge in [-0.05, 0) is 29.7 Å². The van der Waals surface area contributed by atoms with Crippen LogP contribution in [0.1, 0.15) is 23.7 Å². The van der Waals surface area contributed by atoms with Crippen molar-refractivity contribution in [1.82, 2.24) is 4.90 Å². The number of benzene rings is 2. The summed E-state index contributed by atoms with van der Waals surface area (Å²) in [6.45, 7) is 0.342. The first-order chi connectivity index (χ1) is 13.0. The molecular weight excluding hydrogens is 344 g/mol. The van der Waals surface area contributed by atoms with Crippen molar-refractivity contribution in [3.05, 3.63) is 65.7 Å². The summed E-state index contributed by atoms with van der Waals surface area (Å²) < 4.78 is 5.24. The summed E-state index contributed by atoms with van der Waals surface area (Å²) in [6.07, 6.45) is 0.244. The fraction of sp³-hybridized carbons (Fsp3) is 0.333. The minimum absolute atomic E-state index is 0.0493. The molecule has 27 heavy (non-hydrogen) atoms. The standard InChI is InChI=1S/C21H24N2O4/c1-23-18(13-27-14-20(23)25)21(26)16-8-10-17(11-9-16)22-19(24)12-7-15-5-3-2-4-6-15/h2-6,8-11,18,21,26H,7,12-14H2,1H3,(H,22,24)/t18-,21-/m1/s1. The van der Waals surface area contributed by atoms with E-state index < -0.39 is 12.1 Å². The lowest BCUT2D eigenvalue weighted by Crippen LogP contribution is -2.49. The maximum absolute atomic E-state index is 12.1. The molecule has 1 aliphatic rings. The predicted octanol–water partition coefficient (Wildman–Crippen LogP) is 2.15. The minimum Gasteiger partial charge on any atom is -0.386 e. The summed E-state index contributed by atoms with van der Waals surface area (Å²) in [5.74, 6) is -0.203. The van der Waals surface area contributed by atoms with E-state index in [1.807, 2.05) is 30.3 Å². The van der Waals surface area contributed by atoms with E-state index in [4.69, 9.17) is 4.74 Å². The molecule has 2 N–H and O–H groups in total. The number of carbonyl (C=O) groups is 2. The van der Waals surface area contributed by atoms with Gasteiger partial charge in [0, 0.05) is 19.2 Å². The zero-order valence-corrected chi connectivity index (χ0v) is 15.3. The summed E-state index contributed by atoms with van der Waals surface area (Å²) in [7, 11) is 1.67. The van der Waals surface area contributed by atoms with Crippen LogP contribution < -0.4 is 5.32 Å². The average molecular weight is 368 g/mol. The Labute approximate surface area is 158 Å². The quantitative estimate of drug-likeness (QED) is 0.819. The number of hydrogen-bond donors (Lipinski definition) is 2. The fourth-order valence-corrected chi connectivity index (χ4v) is 3.08. The normalized spacial score (nSPS) is 18.2. The Bertz CT molecular complexity index is 777. The molecule has 0 bridgehead atoms. The highest BCUT2D eigenvalue weighted by molar-refractivity contribution is 5.90. The Kier molecular flexibility index (Phi) is 6.21. The van der Waals surface area contributed by atoms with Crippen LogP contribution in [-0.2, 0) is 20.7 Å². The lowest BCUT2D eigenvalue weighted by Gasteiger charge is -2.35. The first kappa shape index (κ1) is 19.1. The minimum atomic E-state index is -0.845. The second-order valence-corrected chi connectivity index (χ2v) is 6.69. The van der Waals surface area contributed by atoms with Gasteiger partial charge in [-0.15, -0.1) is 0 Å². The van der Waals surface area contributed by atoms with E-state index in [9.17, 15) is 14.7 Å². The second-order valence-electron chi connectivity index (χ2n) is 6.69. The maximum Gasteiger partial charge on any atom is 0.248 e. The van der Waals surface area contributed by atoms with Crippen LogP contribution in [0.3, 0.4) is 0 Å². The first-order valence-corrected chi connectivity index (χ1v) is 9.00. The number of rotatable bonds is 6. The van der Waals surface area contributed by atoms with E-state index in [0.717, 1.165) is 5.56 Å². The third-order valence-corrected chi connectivity index (χ3v) is 4.79. The van der Waals surface area contributed by atoms with Crippen molar-refractivity contribution in [1.29, 1.82) is 0 Å². The van der Waals surface area contributed by atoms with Gasteiger partial charge in [-0.2, -0.15) is 0 Å². The first-order valence-electron chi connectivity index (χ1n) is 9.00. The molecular formula is C21H24N2O4. The molecule has 2 atom stereocenters. The van der Waals surface area contributed by atoms with Crippen molar-refractivity contribution in [3.8, 4) is 0 Å². The molecule has 6 heteroatoms. The molecule has 0 aliphatic carbocycles. The molecule has 2 aromatic rings. The molecule has 1 saturated heterocycles. The van der Waals surface area contributed by atoms with E-state index in [1.165, 1.54) is 4.90 Å². The smallest absolute Gasteiger partial charge is 0.248 e. The van der Waals surface area contributed by atoms with Gasteiger partial charge < -0.3 is 20.1 Å². The number of aliphatic hydroxyl groups excluding tert-OH is 1. The van der Waals surface area contributed by atoms with Crippen LogP contribution in [-0.4, -0.2) is 48.1 Å². The lowest BCUT2D eigenvalue weighted by atomic mass is 10.0. The summed E-state index contributed by atoms with van der Waals surface area (Å²) in [5.41, 5.74) is 2.47. The van der Waals surface area contributed by atoms with Gasteiger partial charge in [-0.1, -0.05) is 42.5 Å². The number of ether oxygens (including phenoxy) is 1. The van der Waals surface area contributed by atoms with Crippen LogP contribution in [0, 0.1) is 0 Å². The van der Waals surface area contributed by atoms with Crippen LogP contribution in [0.4, 0.5) is 5.69 Å². The molecule has 0 spiro atoms. The van der Waals surface area contributed by atoms with Crippen molar-refractivity contribution < 1.29 is 19.4 Å². The molecule has 0 aromatic heterocycles. The monoisotopic (exact) mass is 368 g/mol. The third-order valence-electron chi connectivity index (χ3n) is 4.79. The number of aryl methyl sites for hydroxylation is 1. The maximum atomic E-state index is 12.1. The Morgan fingerprint density at radius 1 is 1.22 bits per heavy atom. The molecule has 2 aromatic carbocycles. The van der Waals surface area contributed by atoms with Crippen molar-refractivity contribution in [3.63, 3.8) is 0 Å². The van der Waals surface area contributed by atoms with E-state index in [1.54, 1.807) is 31.3 Å². The van der Waals surface area contributed by atoms with Crippen LogP contribution in [0.2, 0.25) is 0 Å². The Hall–Kier alpha value is -2.70. The number of likely N-dealkylation sites (N-methyl/N-ethyl adjacent to an activating group) is 1. The van der Waals surface area contributed by atoms with Crippen LogP contribution in [0.15, 0.2) is 54.6 Å². The topological polar surface area (TPSA) is 78.9 Å². The highest BCUT2D eigenvalue weighted by Gasteiger charge is 2.32. The van der Waals surface area contributed by atoms with Gasteiger partial charge in [0.25, 0.3) is 0 Å². The molecule has 2 amide bonds. The molecule has 3 rings (SSSR count). The number of anilines is 1. The van der Waals surface area contributed by atoms with E-state index in [2.05, 4.69) is 5.32 Å². The van der Waals surface area contributed by atoms with Gasteiger partial charge in [0.1, 0.15) is 12.7 Å². The Morgan fingerprint density at radius 2 is 1.93 bits per heavy atom. The van der Waals surface area contributed by atoms with Gasteiger partial charge in [-0.25, -0.2) is 0 Å². The second kappa shape index (κ2) is 8.79. The average Bonchev–Trinajstić information content (AvgIpc) is 2.69. The van der Waals surface area contributed by atoms with Crippen molar-refractivity contribution >= 4 is 17.5 Å². The summed E-state index contributed by atoms with van der Waals surface area (Å²) >= 11 is 0. The van der Waals surface area contributed by atoms with Crippen LogP contribution in [0.25, 0.3) is 0 Å². The van der Waals surface area contributed by atoms with E-state index >= 15 is 0 Å². The van der Waals surface area contributed by atoms with E-state index in [-0.39, 0.29) is 18.4 Å². The van der Waals surface area contributed by atoms with E-state index in [0.29, 0.717) is 30.7 Å². The van der Waals surface area contributed by atoms with Crippen LogP contribution >= 0.6 is 0 Å². The number of carbonyl (C=O) groups excluding carboxylic acids is 2. The number of nitrogens with one attached hydrogen (secondary N) is 1. The number of nitrogens with zero attached hydrogens (tertiary/aromatic N) is 1. The van der Waals surface area contributed by atoms with Gasteiger partial charge in [0.15, 0.2) is 0 Å². The zero-order chi connectivity index (χ0) is 19.2. The molecule has 0 radical (unpaired) electrons. The largest absolute Gasteiger partial charge is 0.386 e. The van der Waals surface area contributed by atoms with Crippen molar-refractivity contribution in [2.24, 2.45) is 0 Å². The molecule has 0 unspecified atom stereocenters. The Morgan fingerprint density at radius 3 is 2.63 bits per heavy atom. The van der Waals surface area contributed by atoms with Gasteiger partial charge in [0.05, 0.1) is 12.6 Å². The van der Waals surface area contributed by atoms with Gasteiger partial charge >= 0.3 is 0 Å². The van der Waals surface area contributed by atoms with Gasteiger partial charge in [-0.3, -0.25) is 9.59 Å². The highest BCUT2D eigenvalue weighted by atomic mass is 16.5. The lowest BCUT2D eigenvalue weighted by molar-refractivity contribution is -0.151. The molecule has 142 valence electrons. The number of hydrogen-bond acceptors (Lipinski definition) is 4. The number of amides is 2. The molecule has 0 saturated carbocycles. The number of aliphatic hydroxyl groups is 1. The fourth-order valence-electron chi connectivity index (χ4n) is 3.08. The van der Waals surface area contributed by atoms with Crippen molar-refractivity contribution in [2.75, 3.05) is 25.6 Å². The molecule has 1 aliphatic heterocycles. The zero-order valence-electron chi connectivity index (χ0n) is 15.3. The summed E-state index contributed by atoms with van der Waals surface area (Å²) in [6, 6.07) is 16.5. The number of morpholine rings is 1. The third kappa shape index (κ3) is 4.93. The highest BCUT2D eigenvalue weighted by Crippen LogP contribution is 2.24. The molecule has 6 nitrogen and oxygen atoms in total. The molecule has 1 fully saturated rings. The van der Waals surface area contributed by atoms with Crippen molar-refractivity contribution in [2.45, 2.75) is 25.0 Å². The predicted molar refractivity (Wildman–Crippen MR) is 102 cm³/mol. The van der Waals surface area contributed by atoms with Crippen LogP contribution in [0.5, 0.6) is 0 Å². The summed E-state index contributed by atoms with van der Waals surface area (Å²) in [4.78, 5) is 25.4.